The average molecular weight is 418 g/mol. The van der Waals surface area contributed by atoms with Crippen molar-refractivity contribution in [2.24, 2.45) is 0 Å². The third kappa shape index (κ3) is 5.81. The van der Waals surface area contributed by atoms with Crippen LogP contribution in [0.5, 0.6) is 0 Å². The van der Waals surface area contributed by atoms with Crippen LogP contribution < -0.4 is 0 Å². The highest BCUT2D eigenvalue weighted by Gasteiger charge is 2.45. The highest BCUT2D eigenvalue weighted by molar-refractivity contribution is 5.17. The number of aliphatic hydroxyl groups excluding tert-OH is 1. The summed E-state index contributed by atoms with van der Waals surface area (Å²) < 4.78 is 12.8. The summed E-state index contributed by atoms with van der Waals surface area (Å²) in [6, 6.07) is 30.6. The highest BCUT2D eigenvalue weighted by atomic mass is 16.5. The molecule has 0 aromatic heterocycles. The summed E-state index contributed by atoms with van der Waals surface area (Å²) in [5.41, 5.74) is 3.48. The van der Waals surface area contributed by atoms with E-state index in [1.807, 2.05) is 49.4 Å². The molecule has 1 heterocycles. The zero-order chi connectivity index (χ0) is 21.5. The van der Waals surface area contributed by atoms with E-state index in [0.717, 1.165) is 24.2 Å². The standard InChI is InChI=1S/C27H31NO3/c1-21(29)26-27(31-20-24-15-9-4-10-16-24)25(30-19-23-13-7-3-8-14-23)18-28(26)17-22-11-5-2-6-12-22/h2-16,21,25-27,29H,17-20H2,1H3/t21?,25-,26-,27+/m1/s1. The van der Waals surface area contributed by atoms with E-state index < -0.39 is 6.10 Å². The molecule has 4 atom stereocenters. The molecule has 1 fully saturated rings. The molecule has 1 aliphatic rings. The van der Waals surface area contributed by atoms with Gasteiger partial charge in [-0.15, -0.1) is 0 Å². The molecule has 1 saturated heterocycles. The van der Waals surface area contributed by atoms with Gasteiger partial charge >= 0.3 is 0 Å². The first-order chi connectivity index (χ1) is 15.2. The maximum Gasteiger partial charge on any atom is 0.103 e. The first kappa shape index (κ1) is 21.7. The van der Waals surface area contributed by atoms with Crippen molar-refractivity contribution >= 4 is 0 Å². The Balaban J connectivity index is 1.51. The van der Waals surface area contributed by atoms with Gasteiger partial charge in [-0.2, -0.15) is 0 Å². The van der Waals surface area contributed by atoms with Gasteiger partial charge in [-0.3, -0.25) is 4.90 Å². The van der Waals surface area contributed by atoms with Crippen molar-refractivity contribution in [3.8, 4) is 0 Å². The van der Waals surface area contributed by atoms with Crippen molar-refractivity contribution in [1.82, 2.24) is 4.90 Å². The maximum atomic E-state index is 10.7. The van der Waals surface area contributed by atoms with E-state index in [1.54, 1.807) is 0 Å². The van der Waals surface area contributed by atoms with Gasteiger partial charge in [0.2, 0.25) is 0 Å². The van der Waals surface area contributed by atoms with Crippen molar-refractivity contribution in [3.05, 3.63) is 108 Å². The number of rotatable bonds is 9. The lowest BCUT2D eigenvalue weighted by Crippen LogP contribution is -2.45. The molecular formula is C27H31NO3. The lowest BCUT2D eigenvalue weighted by atomic mass is 10.0. The van der Waals surface area contributed by atoms with E-state index in [4.69, 9.17) is 9.47 Å². The molecule has 4 nitrogen and oxygen atoms in total. The van der Waals surface area contributed by atoms with Gasteiger partial charge in [0.05, 0.1) is 31.5 Å². The topological polar surface area (TPSA) is 41.9 Å². The van der Waals surface area contributed by atoms with Gasteiger partial charge in [-0.05, 0) is 23.6 Å². The van der Waals surface area contributed by atoms with Crippen molar-refractivity contribution in [2.45, 2.75) is 51.0 Å². The number of aliphatic hydroxyl groups is 1. The summed E-state index contributed by atoms with van der Waals surface area (Å²) in [5.74, 6) is 0. The van der Waals surface area contributed by atoms with E-state index in [2.05, 4.69) is 53.4 Å². The molecule has 3 aromatic rings. The summed E-state index contributed by atoms with van der Waals surface area (Å²) in [4.78, 5) is 2.30. The molecule has 0 bridgehead atoms. The number of likely N-dealkylation sites (tertiary alicyclic amines) is 1. The monoisotopic (exact) mass is 417 g/mol. The normalized spacial score (nSPS) is 22.5. The Morgan fingerprint density at radius 3 is 1.77 bits per heavy atom. The number of benzene rings is 3. The Bertz CT molecular complexity index is 902. The van der Waals surface area contributed by atoms with Crippen molar-refractivity contribution in [1.29, 1.82) is 0 Å². The SMILES string of the molecule is CC(O)[C@@H]1[C@@H](OCc2ccccc2)[C@H](OCc2ccccc2)CN1Cc1ccccc1. The Labute approximate surface area is 185 Å². The van der Waals surface area contributed by atoms with Gasteiger partial charge in [-0.1, -0.05) is 91.0 Å². The molecule has 4 rings (SSSR count). The fourth-order valence-corrected chi connectivity index (χ4v) is 4.35. The fourth-order valence-electron chi connectivity index (χ4n) is 4.35. The van der Waals surface area contributed by atoms with E-state index in [9.17, 15) is 5.11 Å². The zero-order valence-corrected chi connectivity index (χ0v) is 18.0. The molecular weight excluding hydrogens is 386 g/mol. The maximum absolute atomic E-state index is 10.7. The second-order valence-corrected chi connectivity index (χ2v) is 8.24. The number of ether oxygens (including phenoxy) is 2. The van der Waals surface area contributed by atoms with Crippen LogP contribution in [0, 0.1) is 0 Å². The number of hydrogen-bond acceptors (Lipinski definition) is 4. The molecule has 0 aliphatic carbocycles. The quantitative estimate of drug-likeness (QED) is 0.560. The summed E-state index contributed by atoms with van der Waals surface area (Å²) in [6.45, 7) is 4.35. The van der Waals surface area contributed by atoms with Crippen LogP contribution in [0.2, 0.25) is 0 Å². The summed E-state index contributed by atoms with van der Waals surface area (Å²) in [7, 11) is 0. The fraction of sp³-hybridized carbons (Fsp3) is 0.333. The minimum atomic E-state index is -0.533. The third-order valence-corrected chi connectivity index (χ3v) is 5.85. The van der Waals surface area contributed by atoms with E-state index in [1.165, 1.54) is 5.56 Å². The predicted molar refractivity (Wildman–Crippen MR) is 122 cm³/mol. The minimum absolute atomic E-state index is 0.118. The molecule has 31 heavy (non-hydrogen) atoms. The second-order valence-electron chi connectivity index (χ2n) is 8.24. The molecule has 0 radical (unpaired) electrons. The van der Waals surface area contributed by atoms with E-state index in [-0.39, 0.29) is 18.2 Å². The van der Waals surface area contributed by atoms with E-state index >= 15 is 0 Å². The van der Waals surface area contributed by atoms with Crippen LogP contribution in [0.25, 0.3) is 0 Å². The third-order valence-electron chi connectivity index (χ3n) is 5.85. The van der Waals surface area contributed by atoms with Crippen molar-refractivity contribution in [3.63, 3.8) is 0 Å². The molecule has 0 saturated carbocycles. The van der Waals surface area contributed by atoms with Gasteiger partial charge in [-0.25, -0.2) is 0 Å². The van der Waals surface area contributed by atoms with Gasteiger partial charge < -0.3 is 14.6 Å². The van der Waals surface area contributed by atoms with Gasteiger partial charge in [0.1, 0.15) is 6.10 Å². The summed E-state index contributed by atoms with van der Waals surface area (Å²) >= 11 is 0. The Hall–Kier alpha value is -2.50. The van der Waals surface area contributed by atoms with Crippen LogP contribution in [0.3, 0.4) is 0 Å². The molecule has 162 valence electrons. The average Bonchev–Trinajstić information content (AvgIpc) is 3.15. The summed E-state index contributed by atoms with van der Waals surface area (Å²) in [6.07, 6.45) is -0.866. The summed E-state index contributed by atoms with van der Waals surface area (Å²) in [5, 5.41) is 10.7. The molecule has 4 heteroatoms. The number of nitrogens with zero attached hydrogens (tertiary/aromatic N) is 1. The van der Waals surface area contributed by atoms with Crippen molar-refractivity contribution < 1.29 is 14.6 Å². The molecule has 0 amide bonds. The van der Waals surface area contributed by atoms with E-state index in [0.29, 0.717) is 13.2 Å². The first-order valence-electron chi connectivity index (χ1n) is 11.0. The minimum Gasteiger partial charge on any atom is -0.392 e. The van der Waals surface area contributed by atoms with Crippen LogP contribution in [-0.4, -0.2) is 40.9 Å². The lowest BCUT2D eigenvalue weighted by Gasteiger charge is -2.30. The Morgan fingerprint density at radius 2 is 1.26 bits per heavy atom. The predicted octanol–water partition coefficient (Wildman–Crippen LogP) is 4.42. The van der Waals surface area contributed by atoms with Crippen molar-refractivity contribution in [2.75, 3.05) is 6.54 Å². The van der Waals surface area contributed by atoms with Gasteiger partial charge in [0.25, 0.3) is 0 Å². The Kier molecular flexibility index (Phi) is 7.49. The van der Waals surface area contributed by atoms with Gasteiger partial charge in [0.15, 0.2) is 0 Å². The molecule has 1 N–H and O–H groups in total. The van der Waals surface area contributed by atoms with Crippen LogP contribution in [0.15, 0.2) is 91.0 Å². The molecule has 1 unspecified atom stereocenters. The second kappa shape index (κ2) is 10.7. The van der Waals surface area contributed by atoms with Crippen LogP contribution in [-0.2, 0) is 29.2 Å². The van der Waals surface area contributed by atoms with Crippen LogP contribution in [0.1, 0.15) is 23.6 Å². The molecule has 0 spiro atoms. The zero-order valence-electron chi connectivity index (χ0n) is 18.0. The van der Waals surface area contributed by atoms with Gasteiger partial charge in [0, 0.05) is 13.1 Å². The van der Waals surface area contributed by atoms with Crippen LogP contribution in [0.4, 0.5) is 0 Å². The lowest BCUT2D eigenvalue weighted by molar-refractivity contribution is -0.0857. The smallest absolute Gasteiger partial charge is 0.103 e. The largest absolute Gasteiger partial charge is 0.392 e. The number of hydrogen-bond donors (Lipinski definition) is 1. The molecule has 3 aromatic carbocycles. The molecule has 1 aliphatic heterocycles. The highest BCUT2D eigenvalue weighted by Crippen LogP contribution is 2.29. The van der Waals surface area contributed by atoms with Crippen LogP contribution >= 0.6 is 0 Å². The first-order valence-corrected chi connectivity index (χ1v) is 11.0. The Morgan fingerprint density at radius 1 is 0.774 bits per heavy atom.